The van der Waals surface area contributed by atoms with E-state index in [-0.39, 0.29) is 16.3 Å². The molecule has 0 aromatic carbocycles. The molecular weight excluding hydrogens is 360 g/mol. The molecule has 0 radical (unpaired) electrons. The van der Waals surface area contributed by atoms with E-state index in [0.29, 0.717) is 12.1 Å². The Morgan fingerprint density at radius 3 is 2.07 bits per heavy atom. The number of fused-ring (bicyclic) bond motifs is 1. The predicted octanol–water partition coefficient (Wildman–Crippen LogP) is 5.05. The Morgan fingerprint density at radius 2 is 1.52 bits per heavy atom. The first-order valence-electron chi connectivity index (χ1n) is 10.4. The maximum Gasteiger partial charge on any atom is 0.268 e. The minimum absolute atomic E-state index is 0.0314. The lowest BCUT2D eigenvalue weighted by Gasteiger charge is -2.13. The summed E-state index contributed by atoms with van der Waals surface area (Å²) in [5, 5.41) is 11.3. The third-order valence-electron chi connectivity index (χ3n) is 4.97. The molecule has 154 valence electrons. The van der Waals surface area contributed by atoms with Gasteiger partial charge in [-0.15, -0.1) is 5.10 Å². The number of hydrogen-bond donors (Lipinski definition) is 1. The fourth-order valence-electron chi connectivity index (χ4n) is 3.20. The molecule has 0 unspecified atom stereocenters. The van der Waals surface area contributed by atoms with Crippen LogP contribution in [0.15, 0.2) is 11.2 Å². The number of aromatic amines is 1. The normalized spacial score (nSPS) is 12.9. The van der Waals surface area contributed by atoms with Crippen molar-refractivity contribution < 1.29 is 8.42 Å². The average molecular weight is 397 g/mol. The summed E-state index contributed by atoms with van der Waals surface area (Å²) in [5.41, 5.74) is 1.35. The van der Waals surface area contributed by atoms with Gasteiger partial charge in [-0.2, -0.15) is 9.61 Å². The van der Waals surface area contributed by atoms with E-state index in [0.717, 1.165) is 18.5 Å². The molecule has 0 aliphatic heterocycles. The predicted molar refractivity (Wildman–Crippen MR) is 110 cm³/mol. The number of hydrogen-bond acceptors (Lipinski definition) is 4. The summed E-state index contributed by atoms with van der Waals surface area (Å²) >= 11 is 0. The Hall–Kier alpha value is -1.37. The molecule has 0 saturated carbocycles. The molecule has 0 atom stereocenters. The van der Waals surface area contributed by atoms with Gasteiger partial charge >= 0.3 is 0 Å². The van der Waals surface area contributed by atoms with Crippen molar-refractivity contribution in [3.63, 3.8) is 0 Å². The number of H-pyrrole nitrogens is 1. The van der Waals surface area contributed by atoms with E-state index < -0.39 is 9.84 Å². The zero-order valence-electron chi connectivity index (χ0n) is 17.4. The van der Waals surface area contributed by atoms with E-state index in [1.54, 1.807) is 0 Å². The molecular formula is C20H36N4O2S. The Kier molecular flexibility index (Phi) is 7.89. The summed E-state index contributed by atoms with van der Waals surface area (Å²) in [7, 11) is -3.43. The number of rotatable bonds is 12. The maximum absolute atomic E-state index is 12.7. The van der Waals surface area contributed by atoms with Crippen LogP contribution in [0.5, 0.6) is 0 Å². The van der Waals surface area contributed by atoms with Crippen molar-refractivity contribution in [2.24, 2.45) is 0 Å². The quantitative estimate of drug-likeness (QED) is 0.509. The van der Waals surface area contributed by atoms with Crippen LogP contribution in [-0.2, 0) is 15.3 Å². The van der Waals surface area contributed by atoms with Gasteiger partial charge in [0.25, 0.3) is 5.16 Å². The van der Waals surface area contributed by atoms with Gasteiger partial charge in [-0.05, 0) is 6.42 Å². The van der Waals surface area contributed by atoms with E-state index in [9.17, 15) is 8.42 Å². The largest absolute Gasteiger partial charge is 0.268 e. The van der Waals surface area contributed by atoms with Crippen LogP contribution in [0.4, 0.5) is 0 Å². The van der Waals surface area contributed by atoms with Crippen molar-refractivity contribution in [1.29, 1.82) is 0 Å². The molecule has 0 bridgehead atoms. The lowest BCUT2D eigenvalue weighted by Crippen LogP contribution is -2.15. The van der Waals surface area contributed by atoms with Crippen LogP contribution >= 0.6 is 0 Å². The Bertz CT molecular complexity index is 800. The Balaban J connectivity index is 1.78. The zero-order chi connectivity index (χ0) is 19.9. The molecule has 0 aliphatic rings. The standard InChI is InChI=1S/C20H36N4O2S/c1-5-6-7-8-9-10-11-12-13-14-15-27(25,26)19-22-21-18-16-17(20(2,3)4)23-24(18)19/h16,21H,5-15H2,1-4H3. The van der Waals surface area contributed by atoms with Gasteiger partial charge in [-0.3, -0.25) is 5.10 Å². The molecule has 1 N–H and O–H groups in total. The van der Waals surface area contributed by atoms with E-state index in [1.807, 2.05) is 6.07 Å². The van der Waals surface area contributed by atoms with Crippen LogP contribution in [0.3, 0.4) is 0 Å². The summed E-state index contributed by atoms with van der Waals surface area (Å²) < 4.78 is 26.8. The van der Waals surface area contributed by atoms with Crippen LogP contribution in [0.1, 0.15) is 97.6 Å². The molecule has 6 nitrogen and oxygen atoms in total. The van der Waals surface area contributed by atoms with Gasteiger partial charge in [-0.1, -0.05) is 85.5 Å². The number of sulfone groups is 1. The highest BCUT2D eigenvalue weighted by molar-refractivity contribution is 7.91. The second-order valence-corrected chi connectivity index (χ2v) is 10.6. The number of nitrogens with one attached hydrogen (secondary N) is 1. The highest BCUT2D eigenvalue weighted by Gasteiger charge is 2.25. The first-order chi connectivity index (χ1) is 12.8. The van der Waals surface area contributed by atoms with Crippen molar-refractivity contribution in [2.45, 2.75) is 102 Å². The molecule has 0 amide bonds. The average Bonchev–Trinajstić information content (AvgIpc) is 3.16. The fourth-order valence-corrected chi connectivity index (χ4v) is 4.55. The van der Waals surface area contributed by atoms with E-state index in [1.165, 1.54) is 49.5 Å². The van der Waals surface area contributed by atoms with Crippen molar-refractivity contribution in [2.75, 3.05) is 5.75 Å². The van der Waals surface area contributed by atoms with Crippen LogP contribution in [0, 0.1) is 0 Å². The smallest absolute Gasteiger partial charge is 0.258 e. The zero-order valence-corrected chi connectivity index (χ0v) is 18.2. The number of aromatic nitrogens is 4. The molecule has 2 heterocycles. The molecule has 0 aliphatic carbocycles. The first kappa shape index (κ1) is 21.9. The van der Waals surface area contributed by atoms with Crippen LogP contribution in [0.2, 0.25) is 0 Å². The molecule has 0 fully saturated rings. The van der Waals surface area contributed by atoms with Crippen LogP contribution < -0.4 is 0 Å². The molecule has 2 aromatic rings. The Labute approximate surface area is 164 Å². The van der Waals surface area contributed by atoms with Crippen molar-refractivity contribution in [3.8, 4) is 0 Å². The summed E-state index contributed by atoms with van der Waals surface area (Å²) in [6.07, 6.45) is 11.8. The highest BCUT2D eigenvalue weighted by atomic mass is 32.2. The first-order valence-corrected chi connectivity index (χ1v) is 12.1. The third kappa shape index (κ3) is 6.33. The highest BCUT2D eigenvalue weighted by Crippen LogP contribution is 2.23. The minimum Gasteiger partial charge on any atom is -0.258 e. The number of unbranched alkanes of at least 4 members (excludes halogenated alkanes) is 9. The summed E-state index contributed by atoms with van der Waals surface area (Å²) in [4.78, 5) is 0. The van der Waals surface area contributed by atoms with Gasteiger partial charge < -0.3 is 0 Å². The van der Waals surface area contributed by atoms with Gasteiger partial charge in [0.2, 0.25) is 9.84 Å². The van der Waals surface area contributed by atoms with Gasteiger partial charge in [0.15, 0.2) is 5.65 Å². The number of nitrogens with zero attached hydrogens (tertiary/aromatic N) is 3. The SMILES string of the molecule is CCCCCCCCCCCCS(=O)(=O)c1n[nH]c2cc(C(C)(C)C)nn12. The van der Waals surface area contributed by atoms with Gasteiger partial charge in [0, 0.05) is 11.5 Å². The summed E-state index contributed by atoms with van der Waals surface area (Å²) in [6, 6.07) is 1.87. The summed E-state index contributed by atoms with van der Waals surface area (Å²) in [5.74, 6) is 0.133. The molecule has 2 rings (SSSR count). The molecule has 2 aromatic heterocycles. The van der Waals surface area contributed by atoms with E-state index >= 15 is 0 Å². The topological polar surface area (TPSA) is 80.1 Å². The van der Waals surface area contributed by atoms with Gasteiger partial charge in [0.05, 0.1) is 11.4 Å². The summed E-state index contributed by atoms with van der Waals surface area (Å²) in [6.45, 7) is 8.40. The van der Waals surface area contributed by atoms with E-state index in [4.69, 9.17) is 0 Å². The maximum atomic E-state index is 12.7. The van der Waals surface area contributed by atoms with Crippen molar-refractivity contribution >= 4 is 15.5 Å². The second kappa shape index (κ2) is 9.71. The van der Waals surface area contributed by atoms with Crippen LogP contribution in [-0.4, -0.2) is 34.0 Å². The van der Waals surface area contributed by atoms with Crippen molar-refractivity contribution in [3.05, 3.63) is 11.8 Å². The molecule has 7 heteroatoms. The second-order valence-electron chi connectivity index (χ2n) is 8.58. The van der Waals surface area contributed by atoms with Gasteiger partial charge in [0.1, 0.15) is 0 Å². The lowest BCUT2D eigenvalue weighted by molar-refractivity contribution is 0.546. The lowest BCUT2D eigenvalue weighted by atomic mass is 9.93. The fraction of sp³-hybridized carbons (Fsp3) is 0.800. The third-order valence-corrected chi connectivity index (χ3v) is 6.62. The minimum atomic E-state index is -3.43. The molecule has 0 spiro atoms. The van der Waals surface area contributed by atoms with Gasteiger partial charge in [-0.25, -0.2) is 8.42 Å². The molecule has 0 saturated heterocycles. The van der Waals surface area contributed by atoms with E-state index in [2.05, 4.69) is 43.0 Å². The molecule has 27 heavy (non-hydrogen) atoms. The van der Waals surface area contributed by atoms with Crippen LogP contribution in [0.25, 0.3) is 5.65 Å². The van der Waals surface area contributed by atoms with Crippen molar-refractivity contribution in [1.82, 2.24) is 19.8 Å². The monoisotopic (exact) mass is 396 g/mol. The Morgan fingerprint density at radius 1 is 0.963 bits per heavy atom.